The maximum absolute atomic E-state index is 12.3. The van der Waals surface area contributed by atoms with Crippen molar-refractivity contribution in [1.82, 2.24) is 4.90 Å². The van der Waals surface area contributed by atoms with Gasteiger partial charge in [-0.3, -0.25) is 0 Å². The van der Waals surface area contributed by atoms with E-state index in [-0.39, 0.29) is 17.4 Å². The summed E-state index contributed by atoms with van der Waals surface area (Å²) in [7, 11) is 0. The molecule has 2 unspecified atom stereocenters. The first-order chi connectivity index (χ1) is 16.3. The van der Waals surface area contributed by atoms with Crippen LogP contribution in [-0.4, -0.2) is 53.1 Å². The summed E-state index contributed by atoms with van der Waals surface area (Å²) in [4.78, 5) is 2.52. The Kier molecular flexibility index (Phi) is 5.61. The van der Waals surface area contributed by atoms with Gasteiger partial charge in [0.15, 0.2) is 0 Å². The molecule has 2 N–H and O–H groups in total. The molecule has 0 radical (unpaired) electrons. The molecule has 0 spiro atoms. The van der Waals surface area contributed by atoms with Crippen LogP contribution in [0.5, 0.6) is 0 Å². The molecule has 188 valence electrons. The maximum Gasteiger partial charge on any atom is 0.136 e. The summed E-state index contributed by atoms with van der Waals surface area (Å²) >= 11 is 0. The normalized spacial score (nSPS) is 46.6. The molecule has 34 heavy (non-hydrogen) atoms. The van der Waals surface area contributed by atoms with Gasteiger partial charge in [-0.2, -0.15) is 0 Å². The summed E-state index contributed by atoms with van der Waals surface area (Å²) in [6, 6.07) is 3.74. The van der Waals surface area contributed by atoms with Crippen LogP contribution in [0.3, 0.4) is 0 Å². The molecule has 1 aliphatic heterocycles. The van der Waals surface area contributed by atoms with Crippen LogP contribution in [0.15, 0.2) is 34.5 Å². The first kappa shape index (κ1) is 23.3. The highest BCUT2D eigenvalue weighted by Crippen LogP contribution is 2.71. The molecule has 2 heterocycles. The molecule has 0 aromatic carbocycles. The van der Waals surface area contributed by atoms with Crippen LogP contribution in [-0.2, 0) is 10.3 Å². The van der Waals surface area contributed by atoms with Gasteiger partial charge in [0.05, 0.1) is 24.6 Å². The fourth-order valence-corrected chi connectivity index (χ4v) is 9.06. The van der Waals surface area contributed by atoms with E-state index < -0.39 is 16.6 Å². The van der Waals surface area contributed by atoms with Gasteiger partial charge in [0.1, 0.15) is 11.4 Å². The molecule has 1 aromatic rings. The Morgan fingerprint density at radius 3 is 2.62 bits per heavy atom. The van der Waals surface area contributed by atoms with Crippen LogP contribution < -0.4 is 0 Å². The molecule has 1 aromatic heterocycles. The number of allylic oxidation sites excluding steroid dienone is 1. The third kappa shape index (κ3) is 3.19. The molecule has 0 amide bonds. The summed E-state index contributed by atoms with van der Waals surface area (Å²) in [6.45, 7) is 8.93. The Labute approximate surface area is 204 Å². The number of nitrogens with zero attached hydrogens (tertiary/aromatic N) is 1. The van der Waals surface area contributed by atoms with Crippen LogP contribution in [0.1, 0.15) is 83.8 Å². The van der Waals surface area contributed by atoms with E-state index in [9.17, 15) is 10.2 Å². The molecule has 5 heteroatoms. The smallest absolute Gasteiger partial charge is 0.136 e. The molecule has 4 aliphatic carbocycles. The van der Waals surface area contributed by atoms with Crippen LogP contribution in [0.25, 0.3) is 0 Å². The summed E-state index contributed by atoms with van der Waals surface area (Å²) in [5.74, 6) is 1.32. The van der Waals surface area contributed by atoms with Crippen LogP contribution in [0.4, 0.5) is 0 Å². The summed E-state index contributed by atoms with van der Waals surface area (Å²) < 4.78 is 12.0. The molecule has 1 saturated heterocycles. The van der Waals surface area contributed by atoms with Crippen molar-refractivity contribution in [3.8, 4) is 0 Å². The number of furan rings is 1. The maximum atomic E-state index is 12.3. The molecule has 0 bridgehead atoms. The van der Waals surface area contributed by atoms with Crippen molar-refractivity contribution >= 4 is 0 Å². The summed E-state index contributed by atoms with van der Waals surface area (Å²) in [5.41, 5.74) is -0.812. The first-order valence-corrected chi connectivity index (χ1v) is 13.8. The Morgan fingerprint density at radius 2 is 1.85 bits per heavy atom. The lowest BCUT2D eigenvalue weighted by atomic mass is 9.44. The second-order valence-corrected chi connectivity index (χ2v) is 12.5. The summed E-state index contributed by atoms with van der Waals surface area (Å²) in [5, 5.41) is 24.2. The van der Waals surface area contributed by atoms with Gasteiger partial charge in [-0.25, -0.2) is 0 Å². The molecule has 5 aliphatic rings. The highest BCUT2D eigenvalue weighted by atomic mass is 16.5. The van der Waals surface area contributed by atoms with E-state index in [1.807, 2.05) is 12.1 Å². The fraction of sp³-hybridized carbons (Fsp3) is 0.793. The Hall–Kier alpha value is -1.14. The van der Waals surface area contributed by atoms with E-state index >= 15 is 0 Å². The van der Waals surface area contributed by atoms with Crippen molar-refractivity contribution in [2.45, 2.75) is 95.4 Å². The minimum atomic E-state index is -1.09. The highest BCUT2D eigenvalue weighted by Gasteiger charge is 2.72. The van der Waals surface area contributed by atoms with Crippen molar-refractivity contribution in [2.24, 2.45) is 22.7 Å². The van der Waals surface area contributed by atoms with Gasteiger partial charge in [0.25, 0.3) is 0 Å². The molecule has 6 rings (SSSR count). The van der Waals surface area contributed by atoms with E-state index in [0.29, 0.717) is 24.5 Å². The topological polar surface area (TPSA) is 66.1 Å². The molecule has 5 nitrogen and oxygen atoms in total. The van der Waals surface area contributed by atoms with E-state index in [1.165, 1.54) is 25.9 Å². The van der Waals surface area contributed by atoms with Crippen molar-refractivity contribution in [3.63, 3.8) is 0 Å². The van der Waals surface area contributed by atoms with Crippen molar-refractivity contribution in [3.05, 3.63) is 35.8 Å². The predicted molar refractivity (Wildman–Crippen MR) is 131 cm³/mol. The number of likely N-dealkylation sites (tertiary alicyclic amines) is 1. The van der Waals surface area contributed by atoms with E-state index in [2.05, 4.69) is 24.8 Å². The van der Waals surface area contributed by atoms with Gasteiger partial charge in [0, 0.05) is 12.0 Å². The van der Waals surface area contributed by atoms with Gasteiger partial charge in [-0.1, -0.05) is 25.5 Å². The predicted octanol–water partition coefficient (Wildman–Crippen LogP) is 5.03. The monoisotopic (exact) mass is 469 g/mol. The quantitative estimate of drug-likeness (QED) is 0.593. The number of aliphatic hydroxyl groups is 2. The molecule has 4 fully saturated rings. The van der Waals surface area contributed by atoms with E-state index in [1.54, 1.807) is 11.8 Å². The largest absolute Gasteiger partial charge is 0.466 e. The van der Waals surface area contributed by atoms with Gasteiger partial charge in [-0.05, 0) is 107 Å². The van der Waals surface area contributed by atoms with Crippen molar-refractivity contribution in [1.29, 1.82) is 0 Å². The molecular formula is C29H43NO4. The van der Waals surface area contributed by atoms with Crippen LogP contribution >= 0.6 is 0 Å². The number of fused-ring (bicyclic) bond motifs is 5. The molecular weight excluding hydrogens is 426 g/mol. The van der Waals surface area contributed by atoms with Gasteiger partial charge >= 0.3 is 0 Å². The third-order valence-corrected chi connectivity index (χ3v) is 11.3. The van der Waals surface area contributed by atoms with Gasteiger partial charge < -0.3 is 24.3 Å². The van der Waals surface area contributed by atoms with E-state index in [0.717, 1.165) is 51.7 Å². The fourth-order valence-electron chi connectivity index (χ4n) is 9.06. The Bertz CT molecular complexity index is 923. The third-order valence-electron chi connectivity index (χ3n) is 11.3. The van der Waals surface area contributed by atoms with Crippen molar-refractivity contribution < 1.29 is 19.4 Å². The second kappa shape index (κ2) is 8.19. The minimum Gasteiger partial charge on any atom is -0.466 e. The number of ether oxygens (including phenoxy) is 1. The lowest BCUT2D eigenvalue weighted by molar-refractivity contribution is -0.225. The molecule has 7 atom stereocenters. The Balaban J connectivity index is 1.20. The average molecular weight is 470 g/mol. The van der Waals surface area contributed by atoms with E-state index in [4.69, 9.17) is 9.15 Å². The van der Waals surface area contributed by atoms with Crippen molar-refractivity contribution in [2.75, 3.05) is 26.2 Å². The average Bonchev–Trinajstić information content (AvgIpc) is 3.57. The van der Waals surface area contributed by atoms with Crippen LogP contribution in [0.2, 0.25) is 0 Å². The lowest BCUT2D eigenvalue weighted by Crippen LogP contribution is -2.63. The standard InChI is InChI=1S/C29H43NO4/c1-26-11-9-22(33-19-17-30-15-3-4-16-30)20-21(26)7-8-24-23(26)10-12-27(2)28(24,31)13-14-29(27,32)25-6-5-18-34-25/h5-6,18,20,22-24,31-32H,3-4,7-17,19H2,1-2H3/t22?,23-,24-,26+,27+,28-,29?/m1/s1. The number of rotatable bonds is 5. The Morgan fingerprint density at radius 1 is 1.03 bits per heavy atom. The first-order valence-electron chi connectivity index (χ1n) is 13.8. The van der Waals surface area contributed by atoms with Crippen LogP contribution in [0, 0.1) is 22.7 Å². The van der Waals surface area contributed by atoms with Gasteiger partial charge in [-0.15, -0.1) is 0 Å². The second-order valence-electron chi connectivity index (χ2n) is 12.5. The zero-order valence-corrected chi connectivity index (χ0v) is 21.1. The SMILES string of the molecule is C[C@]12CCC(OCCN3CCCC3)C=C1CC[C@@H]1[C@H]2CC[C@]2(C)C(O)(c3ccco3)CC[C@@]12O. The zero-order valence-electron chi connectivity index (χ0n) is 21.1. The number of hydrogen-bond acceptors (Lipinski definition) is 5. The summed E-state index contributed by atoms with van der Waals surface area (Å²) in [6.07, 6.45) is 14.4. The minimum absolute atomic E-state index is 0.139. The zero-order chi connectivity index (χ0) is 23.6. The number of hydrogen-bond donors (Lipinski definition) is 2. The molecule has 3 saturated carbocycles. The highest BCUT2D eigenvalue weighted by molar-refractivity contribution is 5.31. The van der Waals surface area contributed by atoms with Gasteiger partial charge in [0.2, 0.25) is 0 Å². The lowest BCUT2D eigenvalue weighted by Gasteiger charge is -2.62.